The number of halogens is 3. The third-order valence-corrected chi connectivity index (χ3v) is 3.99. The topological polar surface area (TPSA) is 40.5 Å². The first-order valence-corrected chi connectivity index (χ1v) is 6.91. The van der Waals surface area contributed by atoms with Crippen LogP contribution in [0, 0.1) is 5.92 Å². The number of alkyl halides is 3. The maximum Gasteiger partial charge on any atom is 0.417 e. The maximum atomic E-state index is 12.8. The van der Waals surface area contributed by atoms with E-state index in [2.05, 4.69) is 6.92 Å². The van der Waals surface area contributed by atoms with E-state index in [0.717, 1.165) is 31.5 Å². The number of carbonyl (C=O) groups is 1. The van der Waals surface area contributed by atoms with Gasteiger partial charge in [0, 0.05) is 18.3 Å². The van der Waals surface area contributed by atoms with Crippen LogP contribution in [-0.4, -0.2) is 23.7 Å². The Hall–Kier alpha value is -1.72. The number of hydrogen-bond donors (Lipinski definition) is 1. The fourth-order valence-electron chi connectivity index (χ4n) is 2.78. The third-order valence-electron chi connectivity index (χ3n) is 3.99. The van der Waals surface area contributed by atoms with Gasteiger partial charge >= 0.3 is 12.1 Å². The van der Waals surface area contributed by atoms with E-state index in [1.54, 1.807) is 0 Å². The van der Waals surface area contributed by atoms with Crippen molar-refractivity contribution in [3.63, 3.8) is 0 Å². The molecule has 1 saturated heterocycles. The van der Waals surface area contributed by atoms with Crippen LogP contribution in [0.2, 0.25) is 0 Å². The molecule has 1 heterocycles. The molecule has 2 unspecified atom stereocenters. The van der Waals surface area contributed by atoms with Gasteiger partial charge in [0.1, 0.15) is 0 Å². The number of benzene rings is 1. The van der Waals surface area contributed by atoms with Crippen molar-refractivity contribution >= 4 is 11.7 Å². The molecule has 3 nitrogen and oxygen atoms in total. The second kappa shape index (κ2) is 5.58. The van der Waals surface area contributed by atoms with E-state index in [4.69, 9.17) is 5.11 Å². The Morgan fingerprint density at radius 3 is 2.52 bits per heavy atom. The van der Waals surface area contributed by atoms with Crippen molar-refractivity contribution in [2.45, 2.75) is 38.9 Å². The number of carboxylic acids is 1. The minimum atomic E-state index is -4.66. The monoisotopic (exact) mass is 301 g/mol. The normalized spacial score (nSPS) is 23.2. The summed E-state index contributed by atoms with van der Waals surface area (Å²) >= 11 is 0. The highest BCUT2D eigenvalue weighted by molar-refractivity contribution is 5.91. The van der Waals surface area contributed by atoms with E-state index < -0.39 is 23.3 Å². The molecule has 0 bridgehead atoms. The van der Waals surface area contributed by atoms with E-state index in [9.17, 15) is 18.0 Å². The highest BCUT2D eigenvalue weighted by Crippen LogP contribution is 2.35. The number of piperidine rings is 1. The molecule has 1 fully saturated rings. The lowest BCUT2D eigenvalue weighted by molar-refractivity contribution is -0.138. The molecule has 0 saturated carbocycles. The number of rotatable bonds is 2. The summed E-state index contributed by atoms with van der Waals surface area (Å²) in [4.78, 5) is 13.1. The molecule has 6 heteroatoms. The van der Waals surface area contributed by atoms with Crippen LogP contribution in [0.1, 0.15) is 42.6 Å². The van der Waals surface area contributed by atoms with E-state index in [0.29, 0.717) is 11.6 Å². The van der Waals surface area contributed by atoms with Gasteiger partial charge in [0.2, 0.25) is 0 Å². The van der Waals surface area contributed by atoms with E-state index in [-0.39, 0.29) is 6.04 Å². The highest BCUT2D eigenvalue weighted by atomic mass is 19.4. The Bertz CT molecular complexity index is 542. The van der Waals surface area contributed by atoms with E-state index in [1.165, 1.54) is 6.07 Å². The Balaban J connectivity index is 2.42. The predicted molar refractivity (Wildman–Crippen MR) is 73.6 cm³/mol. The lowest BCUT2D eigenvalue weighted by Gasteiger charge is -2.38. The molecule has 21 heavy (non-hydrogen) atoms. The van der Waals surface area contributed by atoms with E-state index in [1.807, 2.05) is 11.8 Å². The molecule has 1 aromatic carbocycles. The molecule has 116 valence electrons. The number of carboxylic acid groups (broad SMARTS) is 1. The fourth-order valence-corrected chi connectivity index (χ4v) is 2.78. The molecule has 1 aromatic rings. The van der Waals surface area contributed by atoms with Crippen LogP contribution in [0.5, 0.6) is 0 Å². The molecule has 1 aliphatic rings. The Labute approximate surface area is 121 Å². The second-order valence-corrected chi connectivity index (χ2v) is 5.72. The van der Waals surface area contributed by atoms with Crippen molar-refractivity contribution in [2.75, 3.05) is 11.4 Å². The van der Waals surface area contributed by atoms with Crippen molar-refractivity contribution in [3.05, 3.63) is 29.3 Å². The van der Waals surface area contributed by atoms with Gasteiger partial charge in [0.25, 0.3) is 0 Å². The van der Waals surface area contributed by atoms with Crippen LogP contribution in [0.3, 0.4) is 0 Å². The van der Waals surface area contributed by atoms with Gasteiger partial charge in [0.05, 0.1) is 11.1 Å². The van der Waals surface area contributed by atoms with Crippen molar-refractivity contribution in [1.29, 1.82) is 0 Å². The van der Waals surface area contributed by atoms with Crippen LogP contribution >= 0.6 is 0 Å². The van der Waals surface area contributed by atoms with Crippen molar-refractivity contribution in [3.8, 4) is 0 Å². The smallest absolute Gasteiger partial charge is 0.417 e. The van der Waals surface area contributed by atoms with Gasteiger partial charge in [-0.15, -0.1) is 0 Å². The highest BCUT2D eigenvalue weighted by Gasteiger charge is 2.36. The second-order valence-electron chi connectivity index (χ2n) is 5.72. The zero-order valence-electron chi connectivity index (χ0n) is 11.9. The van der Waals surface area contributed by atoms with Gasteiger partial charge in [-0.1, -0.05) is 6.92 Å². The van der Waals surface area contributed by atoms with Crippen molar-refractivity contribution in [1.82, 2.24) is 0 Å². The van der Waals surface area contributed by atoms with Crippen LogP contribution in [0.15, 0.2) is 18.2 Å². The molecule has 2 atom stereocenters. The molecule has 0 aromatic heterocycles. The average Bonchev–Trinajstić information content (AvgIpc) is 2.39. The quantitative estimate of drug-likeness (QED) is 0.896. The predicted octanol–water partition coefficient (Wildman–Crippen LogP) is 4.03. The zero-order valence-corrected chi connectivity index (χ0v) is 11.9. The number of aromatic carboxylic acids is 1. The minimum Gasteiger partial charge on any atom is -0.478 e. The summed E-state index contributed by atoms with van der Waals surface area (Å²) in [5.74, 6) is -1.11. The zero-order chi connectivity index (χ0) is 15.8. The van der Waals surface area contributed by atoms with Gasteiger partial charge in [-0.2, -0.15) is 13.2 Å². The average molecular weight is 301 g/mol. The SMILES string of the molecule is CC1CCC(C)N(c2ccc(C(F)(F)F)c(C(=O)O)c2)C1. The number of nitrogens with zero attached hydrogens (tertiary/aromatic N) is 1. The van der Waals surface area contributed by atoms with Gasteiger partial charge in [-0.05, 0) is 43.9 Å². The molecular formula is C15H18F3NO2. The summed E-state index contributed by atoms with van der Waals surface area (Å²) in [6.07, 6.45) is -2.64. The van der Waals surface area contributed by atoms with Gasteiger partial charge < -0.3 is 10.0 Å². The van der Waals surface area contributed by atoms with Crippen molar-refractivity contribution < 1.29 is 23.1 Å². The largest absolute Gasteiger partial charge is 0.478 e. The van der Waals surface area contributed by atoms with Crippen LogP contribution in [-0.2, 0) is 6.18 Å². The summed E-state index contributed by atoms with van der Waals surface area (Å²) in [6, 6.07) is 3.56. The lowest BCUT2D eigenvalue weighted by atomic mass is 9.94. The van der Waals surface area contributed by atoms with Crippen LogP contribution < -0.4 is 4.90 Å². The molecule has 0 radical (unpaired) electrons. The van der Waals surface area contributed by atoms with Gasteiger partial charge in [-0.3, -0.25) is 0 Å². The van der Waals surface area contributed by atoms with Gasteiger partial charge in [-0.25, -0.2) is 4.79 Å². The lowest BCUT2D eigenvalue weighted by Crippen LogP contribution is -2.41. The molecule has 1 aliphatic heterocycles. The molecule has 0 aliphatic carbocycles. The number of anilines is 1. The standard InChI is InChI=1S/C15H18F3NO2/c1-9-3-4-10(2)19(8-9)11-5-6-13(15(16,17)18)12(7-11)14(20)21/h5-7,9-10H,3-4,8H2,1-2H3,(H,20,21). The summed E-state index contributed by atoms with van der Waals surface area (Å²) in [7, 11) is 0. The number of hydrogen-bond acceptors (Lipinski definition) is 2. The first-order chi connectivity index (χ1) is 9.70. The summed E-state index contributed by atoms with van der Waals surface area (Å²) in [5, 5.41) is 9.05. The summed E-state index contributed by atoms with van der Waals surface area (Å²) < 4.78 is 38.5. The van der Waals surface area contributed by atoms with Gasteiger partial charge in [0.15, 0.2) is 0 Å². The van der Waals surface area contributed by atoms with E-state index >= 15 is 0 Å². The molecule has 1 N–H and O–H groups in total. The van der Waals surface area contributed by atoms with Crippen molar-refractivity contribution in [2.24, 2.45) is 5.92 Å². The Morgan fingerprint density at radius 1 is 1.29 bits per heavy atom. The Morgan fingerprint density at radius 2 is 1.95 bits per heavy atom. The fraction of sp³-hybridized carbons (Fsp3) is 0.533. The third kappa shape index (κ3) is 3.31. The first kappa shape index (κ1) is 15.7. The molecule has 2 rings (SSSR count). The molecule has 0 amide bonds. The molecular weight excluding hydrogens is 283 g/mol. The first-order valence-electron chi connectivity index (χ1n) is 6.91. The minimum absolute atomic E-state index is 0.194. The van der Waals surface area contributed by atoms with Crippen LogP contribution in [0.4, 0.5) is 18.9 Å². The Kier molecular flexibility index (Phi) is 4.16. The molecule has 0 spiro atoms. The summed E-state index contributed by atoms with van der Waals surface area (Å²) in [6.45, 7) is 4.82. The van der Waals surface area contributed by atoms with Crippen LogP contribution in [0.25, 0.3) is 0 Å². The maximum absolute atomic E-state index is 12.8. The summed E-state index contributed by atoms with van der Waals surface area (Å²) in [5.41, 5.74) is -1.25.